The predicted molar refractivity (Wildman–Crippen MR) is 110 cm³/mol. The summed E-state index contributed by atoms with van der Waals surface area (Å²) in [6.45, 7) is 7.29. The molecule has 1 amide bonds. The van der Waals surface area contributed by atoms with E-state index < -0.39 is 0 Å². The van der Waals surface area contributed by atoms with Crippen molar-refractivity contribution in [3.8, 4) is 0 Å². The third-order valence-electron chi connectivity index (χ3n) is 5.97. The zero-order valence-electron chi connectivity index (χ0n) is 17.5. The van der Waals surface area contributed by atoms with Crippen molar-refractivity contribution in [2.45, 2.75) is 70.4 Å². The zero-order chi connectivity index (χ0) is 19.6. The van der Waals surface area contributed by atoms with E-state index in [1.165, 1.54) is 19.3 Å². The third-order valence-corrected chi connectivity index (χ3v) is 5.97. The molecule has 2 unspecified atom stereocenters. The van der Waals surface area contributed by atoms with Crippen LogP contribution in [-0.4, -0.2) is 74.9 Å². The van der Waals surface area contributed by atoms with Gasteiger partial charge in [0, 0.05) is 38.2 Å². The second-order valence-corrected chi connectivity index (χ2v) is 8.22. The molecule has 2 aliphatic heterocycles. The lowest BCUT2D eigenvalue weighted by Gasteiger charge is -2.26. The highest BCUT2D eigenvalue weighted by Gasteiger charge is 2.31. The lowest BCUT2D eigenvalue weighted by Crippen LogP contribution is -2.45. The number of aliphatic imine (C=N–C) groups is 1. The molecule has 3 fully saturated rings. The number of guanidine groups is 1. The van der Waals surface area contributed by atoms with Gasteiger partial charge in [0.1, 0.15) is 0 Å². The average Bonchev–Trinajstić information content (AvgIpc) is 3.40. The van der Waals surface area contributed by atoms with Gasteiger partial charge in [0.15, 0.2) is 5.96 Å². The molecule has 3 rings (SSSR count). The minimum Gasteiger partial charge on any atom is -0.377 e. The molecule has 7 nitrogen and oxygen atoms in total. The first-order chi connectivity index (χ1) is 13.8. The van der Waals surface area contributed by atoms with Crippen LogP contribution in [0.15, 0.2) is 4.99 Å². The van der Waals surface area contributed by atoms with Gasteiger partial charge < -0.3 is 25.0 Å². The predicted octanol–water partition coefficient (Wildman–Crippen LogP) is 1.92. The van der Waals surface area contributed by atoms with Gasteiger partial charge in [0.25, 0.3) is 0 Å². The van der Waals surface area contributed by atoms with Crippen LogP contribution in [0.2, 0.25) is 0 Å². The van der Waals surface area contributed by atoms with E-state index in [1.807, 2.05) is 0 Å². The molecule has 0 aromatic heterocycles. The van der Waals surface area contributed by atoms with Gasteiger partial charge in [-0.25, -0.2) is 0 Å². The zero-order valence-corrected chi connectivity index (χ0v) is 17.5. The largest absolute Gasteiger partial charge is 0.377 e. The number of likely N-dealkylation sites (tertiary alicyclic amines) is 1. The Hall–Kier alpha value is -1.34. The third kappa shape index (κ3) is 6.62. The van der Waals surface area contributed by atoms with Gasteiger partial charge in [-0.1, -0.05) is 19.3 Å². The van der Waals surface area contributed by atoms with Crippen molar-refractivity contribution in [3.05, 3.63) is 0 Å². The van der Waals surface area contributed by atoms with Crippen molar-refractivity contribution >= 4 is 11.9 Å². The Balaban J connectivity index is 1.37. The van der Waals surface area contributed by atoms with Crippen molar-refractivity contribution in [3.63, 3.8) is 0 Å². The van der Waals surface area contributed by atoms with Crippen LogP contribution >= 0.6 is 0 Å². The molecular weight excluding hydrogens is 356 g/mol. The van der Waals surface area contributed by atoms with E-state index in [1.54, 1.807) is 0 Å². The van der Waals surface area contributed by atoms with Crippen LogP contribution in [0.25, 0.3) is 0 Å². The molecule has 2 saturated heterocycles. The van der Waals surface area contributed by atoms with Gasteiger partial charge >= 0.3 is 0 Å². The fourth-order valence-corrected chi connectivity index (χ4v) is 4.41. The monoisotopic (exact) mass is 394 g/mol. The van der Waals surface area contributed by atoms with Crippen LogP contribution < -0.4 is 10.6 Å². The SMILES string of the molecule is CCNC(=NCCOCC1CCCO1)NC1CCN(C(=O)C2CCCCC2)C1. The van der Waals surface area contributed by atoms with Crippen LogP contribution in [0.3, 0.4) is 0 Å². The van der Waals surface area contributed by atoms with Crippen molar-refractivity contribution < 1.29 is 14.3 Å². The number of hydrogen-bond acceptors (Lipinski definition) is 4. The summed E-state index contributed by atoms with van der Waals surface area (Å²) in [4.78, 5) is 19.4. The average molecular weight is 395 g/mol. The van der Waals surface area contributed by atoms with E-state index in [-0.39, 0.29) is 18.1 Å². The van der Waals surface area contributed by atoms with Gasteiger partial charge in [0.05, 0.1) is 25.9 Å². The Bertz CT molecular complexity index is 502. The smallest absolute Gasteiger partial charge is 0.225 e. The van der Waals surface area contributed by atoms with Crippen molar-refractivity contribution in [2.24, 2.45) is 10.9 Å². The Kier molecular flexibility index (Phi) is 8.86. The standard InChI is InChI=1S/C21H38N4O3/c1-2-22-21(23-11-14-27-16-19-9-6-13-28-19)24-18-10-12-25(15-18)20(26)17-7-4-3-5-8-17/h17-19H,2-16H2,1H3,(H2,22,23,24). The lowest BCUT2D eigenvalue weighted by atomic mass is 9.88. The van der Waals surface area contributed by atoms with Gasteiger partial charge in [-0.2, -0.15) is 0 Å². The summed E-state index contributed by atoms with van der Waals surface area (Å²) < 4.78 is 11.3. The summed E-state index contributed by atoms with van der Waals surface area (Å²) in [7, 11) is 0. The molecule has 28 heavy (non-hydrogen) atoms. The highest BCUT2D eigenvalue weighted by atomic mass is 16.5. The lowest BCUT2D eigenvalue weighted by molar-refractivity contribution is -0.135. The van der Waals surface area contributed by atoms with Crippen LogP contribution in [0.4, 0.5) is 0 Å². The summed E-state index contributed by atoms with van der Waals surface area (Å²) >= 11 is 0. The van der Waals surface area contributed by atoms with Crippen molar-refractivity contribution in [2.75, 3.05) is 46.0 Å². The molecule has 0 radical (unpaired) electrons. The van der Waals surface area contributed by atoms with E-state index in [0.29, 0.717) is 25.7 Å². The van der Waals surface area contributed by atoms with Crippen LogP contribution in [-0.2, 0) is 14.3 Å². The molecular formula is C21H38N4O3. The number of carbonyl (C=O) groups excluding carboxylic acids is 1. The van der Waals surface area contributed by atoms with Crippen molar-refractivity contribution in [1.82, 2.24) is 15.5 Å². The molecule has 2 atom stereocenters. The van der Waals surface area contributed by atoms with Crippen molar-refractivity contribution in [1.29, 1.82) is 0 Å². The molecule has 0 bridgehead atoms. The highest BCUT2D eigenvalue weighted by Crippen LogP contribution is 2.26. The summed E-state index contributed by atoms with van der Waals surface area (Å²) in [5, 5.41) is 6.81. The van der Waals surface area contributed by atoms with E-state index in [4.69, 9.17) is 9.47 Å². The first-order valence-electron chi connectivity index (χ1n) is 11.3. The van der Waals surface area contributed by atoms with E-state index >= 15 is 0 Å². The maximum Gasteiger partial charge on any atom is 0.225 e. The Morgan fingerprint density at radius 2 is 2.04 bits per heavy atom. The van der Waals surface area contributed by atoms with Gasteiger partial charge in [-0.15, -0.1) is 0 Å². The topological polar surface area (TPSA) is 75.2 Å². The minimum atomic E-state index is 0.260. The number of nitrogens with one attached hydrogen (secondary N) is 2. The summed E-state index contributed by atoms with van der Waals surface area (Å²) in [5.41, 5.74) is 0. The highest BCUT2D eigenvalue weighted by molar-refractivity contribution is 5.81. The molecule has 2 N–H and O–H groups in total. The van der Waals surface area contributed by atoms with E-state index in [0.717, 1.165) is 64.3 Å². The molecule has 7 heteroatoms. The quantitative estimate of drug-likeness (QED) is 0.374. The maximum absolute atomic E-state index is 12.7. The van der Waals surface area contributed by atoms with Gasteiger partial charge in [-0.3, -0.25) is 9.79 Å². The molecule has 160 valence electrons. The minimum absolute atomic E-state index is 0.260. The van der Waals surface area contributed by atoms with Crippen LogP contribution in [0.5, 0.6) is 0 Å². The molecule has 1 saturated carbocycles. The second-order valence-electron chi connectivity index (χ2n) is 8.22. The van der Waals surface area contributed by atoms with E-state index in [2.05, 4.69) is 27.4 Å². The molecule has 0 aromatic rings. The first-order valence-corrected chi connectivity index (χ1v) is 11.3. The Morgan fingerprint density at radius 1 is 1.18 bits per heavy atom. The molecule has 1 aliphatic carbocycles. The number of hydrogen-bond donors (Lipinski definition) is 2. The molecule has 2 heterocycles. The molecule has 0 spiro atoms. The fourth-order valence-electron chi connectivity index (χ4n) is 4.41. The van der Waals surface area contributed by atoms with E-state index in [9.17, 15) is 4.79 Å². The van der Waals surface area contributed by atoms with Crippen LogP contribution in [0, 0.1) is 5.92 Å². The van der Waals surface area contributed by atoms with Gasteiger partial charge in [0.2, 0.25) is 5.91 Å². The summed E-state index contributed by atoms with van der Waals surface area (Å²) in [6.07, 6.45) is 9.34. The summed E-state index contributed by atoms with van der Waals surface area (Å²) in [6, 6.07) is 0.276. The van der Waals surface area contributed by atoms with Gasteiger partial charge in [-0.05, 0) is 39.0 Å². The number of rotatable bonds is 8. The number of ether oxygens (including phenoxy) is 2. The fraction of sp³-hybridized carbons (Fsp3) is 0.905. The number of nitrogens with zero attached hydrogens (tertiary/aromatic N) is 2. The number of carbonyl (C=O) groups is 1. The Morgan fingerprint density at radius 3 is 2.79 bits per heavy atom. The van der Waals surface area contributed by atoms with Crippen LogP contribution in [0.1, 0.15) is 58.3 Å². The molecule has 3 aliphatic rings. The normalized spacial score (nSPS) is 26.6. The second kappa shape index (κ2) is 11.6. The first kappa shape index (κ1) is 21.4. The molecule has 0 aromatic carbocycles. The maximum atomic E-state index is 12.7. The Labute approximate surface area is 169 Å². The summed E-state index contributed by atoms with van der Waals surface area (Å²) in [5.74, 6) is 1.45. The number of amides is 1.